The van der Waals surface area contributed by atoms with E-state index >= 15 is 0 Å². The molecule has 2 unspecified atom stereocenters. The molecule has 2 saturated carbocycles. The van der Waals surface area contributed by atoms with Gasteiger partial charge in [-0.05, 0) is 43.6 Å². The molecule has 0 aliphatic heterocycles. The van der Waals surface area contributed by atoms with E-state index in [1.54, 1.807) is 7.05 Å². The number of halogens is 2. The summed E-state index contributed by atoms with van der Waals surface area (Å²) in [4.78, 5) is 15.3. The molecule has 150 valence electrons. The van der Waals surface area contributed by atoms with Crippen molar-refractivity contribution >= 4 is 5.91 Å². The molecule has 0 bridgehead atoms. The third kappa shape index (κ3) is 3.96. The molecule has 1 amide bonds. The molecule has 2 aliphatic carbocycles. The monoisotopic (exact) mass is 387 g/mol. The summed E-state index contributed by atoms with van der Waals surface area (Å²) in [5, 5.41) is 3.84. The summed E-state index contributed by atoms with van der Waals surface area (Å²) in [6, 6.07) is 10.6. The van der Waals surface area contributed by atoms with Gasteiger partial charge >= 0.3 is 0 Å². The van der Waals surface area contributed by atoms with Crippen LogP contribution >= 0.6 is 0 Å². The van der Waals surface area contributed by atoms with Crippen molar-refractivity contribution in [2.75, 3.05) is 0 Å². The van der Waals surface area contributed by atoms with Crippen molar-refractivity contribution in [3.05, 3.63) is 53.3 Å². The normalized spacial score (nSPS) is 22.4. The van der Waals surface area contributed by atoms with E-state index in [0.717, 1.165) is 44.9 Å². The molecule has 2 atom stereocenters. The molecule has 2 aromatic rings. The number of rotatable bonds is 6. The van der Waals surface area contributed by atoms with Gasteiger partial charge in [0.1, 0.15) is 5.69 Å². The summed E-state index contributed by atoms with van der Waals surface area (Å²) < 4.78 is 28.2. The van der Waals surface area contributed by atoms with E-state index in [0.29, 0.717) is 5.92 Å². The maximum absolute atomic E-state index is 13.4. The van der Waals surface area contributed by atoms with Crippen molar-refractivity contribution in [1.29, 1.82) is 0 Å². The second-order valence-corrected chi connectivity index (χ2v) is 8.15. The fourth-order valence-corrected chi connectivity index (χ4v) is 4.62. The molecule has 2 fully saturated rings. The first-order valence-corrected chi connectivity index (χ1v) is 10.2. The topological polar surface area (TPSA) is 38.1 Å². The van der Waals surface area contributed by atoms with E-state index in [2.05, 4.69) is 17.2 Å². The zero-order valence-corrected chi connectivity index (χ0v) is 16.2. The standard InChI is InChI=1S/C22H27F2N3O/c1-26-14-18(20(25-26)21(23)24)22(28)27(17-11-12-17)19-10-6-5-9-16(19)13-15-7-3-2-4-8-15/h2-4,7-8,14,16-17,19,21H,5-6,9-13H2,1H3. The van der Waals surface area contributed by atoms with Gasteiger partial charge in [0, 0.05) is 25.3 Å². The van der Waals surface area contributed by atoms with Crippen LogP contribution in [0.4, 0.5) is 8.78 Å². The zero-order chi connectivity index (χ0) is 19.7. The summed E-state index contributed by atoms with van der Waals surface area (Å²) in [6.07, 6.45) is 5.83. The minimum Gasteiger partial charge on any atom is -0.332 e. The predicted molar refractivity (Wildman–Crippen MR) is 103 cm³/mol. The molecule has 4 rings (SSSR count). The van der Waals surface area contributed by atoms with Gasteiger partial charge in [-0.15, -0.1) is 0 Å². The van der Waals surface area contributed by atoms with Gasteiger partial charge in [-0.2, -0.15) is 5.10 Å². The molecule has 2 aliphatic rings. The first-order valence-electron chi connectivity index (χ1n) is 10.2. The maximum atomic E-state index is 13.4. The van der Waals surface area contributed by atoms with Gasteiger partial charge in [0.05, 0.1) is 5.56 Å². The van der Waals surface area contributed by atoms with Crippen molar-refractivity contribution in [2.24, 2.45) is 13.0 Å². The average Bonchev–Trinajstić information content (AvgIpc) is 3.44. The lowest BCUT2D eigenvalue weighted by atomic mass is 9.79. The number of nitrogens with zero attached hydrogens (tertiary/aromatic N) is 3. The Morgan fingerprint density at radius 2 is 1.89 bits per heavy atom. The van der Waals surface area contributed by atoms with Crippen LogP contribution in [0, 0.1) is 5.92 Å². The molecule has 6 heteroatoms. The van der Waals surface area contributed by atoms with Crippen LogP contribution in [0.2, 0.25) is 0 Å². The average molecular weight is 387 g/mol. The fraction of sp³-hybridized carbons (Fsp3) is 0.545. The Labute approximate surface area is 164 Å². The largest absolute Gasteiger partial charge is 0.332 e. The van der Waals surface area contributed by atoms with Gasteiger partial charge in [-0.1, -0.05) is 43.2 Å². The van der Waals surface area contributed by atoms with E-state index in [1.165, 1.54) is 16.4 Å². The van der Waals surface area contributed by atoms with Crippen LogP contribution in [-0.4, -0.2) is 32.7 Å². The van der Waals surface area contributed by atoms with Gasteiger partial charge in [-0.3, -0.25) is 9.48 Å². The van der Waals surface area contributed by atoms with E-state index in [9.17, 15) is 13.6 Å². The van der Waals surface area contributed by atoms with Crippen LogP contribution < -0.4 is 0 Å². The van der Waals surface area contributed by atoms with Crippen LogP contribution in [0.1, 0.15) is 66.6 Å². The molecule has 0 radical (unpaired) electrons. The number of benzene rings is 1. The van der Waals surface area contributed by atoms with Crippen LogP contribution in [0.3, 0.4) is 0 Å². The molecule has 1 heterocycles. The Kier molecular flexibility index (Phi) is 5.47. The number of amides is 1. The van der Waals surface area contributed by atoms with E-state index in [4.69, 9.17) is 0 Å². The van der Waals surface area contributed by atoms with Gasteiger partial charge in [0.15, 0.2) is 0 Å². The zero-order valence-electron chi connectivity index (χ0n) is 16.2. The summed E-state index contributed by atoms with van der Waals surface area (Å²) >= 11 is 0. The number of hydrogen-bond donors (Lipinski definition) is 0. The van der Waals surface area contributed by atoms with Gasteiger partial charge in [-0.25, -0.2) is 8.78 Å². The predicted octanol–water partition coefficient (Wildman–Crippen LogP) is 4.76. The number of hydrogen-bond acceptors (Lipinski definition) is 2. The Balaban J connectivity index is 1.62. The second kappa shape index (κ2) is 8.02. The molecule has 4 nitrogen and oxygen atoms in total. The van der Waals surface area contributed by atoms with E-state index in [1.807, 2.05) is 23.1 Å². The van der Waals surface area contributed by atoms with Crippen LogP contribution in [0.15, 0.2) is 36.5 Å². The molecule has 1 aromatic carbocycles. The lowest BCUT2D eigenvalue weighted by Gasteiger charge is -2.40. The Hall–Kier alpha value is -2.24. The Bertz CT molecular complexity index is 816. The Morgan fingerprint density at radius 3 is 2.57 bits per heavy atom. The highest BCUT2D eigenvalue weighted by Gasteiger charge is 2.43. The third-order valence-corrected chi connectivity index (χ3v) is 6.04. The van der Waals surface area contributed by atoms with E-state index < -0.39 is 12.1 Å². The van der Waals surface area contributed by atoms with Crippen molar-refractivity contribution in [3.8, 4) is 0 Å². The minimum atomic E-state index is -2.74. The second-order valence-electron chi connectivity index (χ2n) is 8.15. The van der Waals surface area contributed by atoms with Crippen molar-refractivity contribution in [3.63, 3.8) is 0 Å². The quantitative estimate of drug-likeness (QED) is 0.716. The highest BCUT2D eigenvalue weighted by molar-refractivity contribution is 5.96. The third-order valence-electron chi connectivity index (χ3n) is 6.04. The number of aryl methyl sites for hydroxylation is 1. The van der Waals surface area contributed by atoms with Crippen LogP contribution in [0.25, 0.3) is 0 Å². The highest BCUT2D eigenvalue weighted by Crippen LogP contribution is 2.39. The highest BCUT2D eigenvalue weighted by atomic mass is 19.3. The van der Waals surface area contributed by atoms with Crippen molar-refractivity contribution < 1.29 is 13.6 Å². The van der Waals surface area contributed by atoms with Gasteiger partial charge in [0.2, 0.25) is 0 Å². The first kappa shape index (κ1) is 19.1. The molecular formula is C22H27F2N3O. The maximum Gasteiger partial charge on any atom is 0.282 e. The summed E-state index contributed by atoms with van der Waals surface area (Å²) in [6.45, 7) is 0. The smallest absolute Gasteiger partial charge is 0.282 e. The lowest BCUT2D eigenvalue weighted by molar-refractivity contribution is 0.0498. The number of alkyl halides is 2. The molecule has 1 aromatic heterocycles. The fourth-order valence-electron chi connectivity index (χ4n) is 4.62. The van der Waals surface area contributed by atoms with Crippen LogP contribution in [0.5, 0.6) is 0 Å². The number of carbonyl (C=O) groups is 1. The van der Waals surface area contributed by atoms with Crippen molar-refractivity contribution in [2.45, 2.75) is 63.5 Å². The van der Waals surface area contributed by atoms with Gasteiger partial charge in [0.25, 0.3) is 12.3 Å². The van der Waals surface area contributed by atoms with Crippen molar-refractivity contribution in [1.82, 2.24) is 14.7 Å². The molecule has 0 spiro atoms. The molecule has 28 heavy (non-hydrogen) atoms. The van der Waals surface area contributed by atoms with E-state index in [-0.39, 0.29) is 23.6 Å². The molecule has 0 saturated heterocycles. The first-order chi connectivity index (χ1) is 13.5. The minimum absolute atomic E-state index is 0.0634. The van der Waals surface area contributed by atoms with Crippen LogP contribution in [-0.2, 0) is 13.5 Å². The number of aromatic nitrogens is 2. The van der Waals surface area contributed by atoms with Gasteiger partial charge < -0.3 is 4.90 Å². The molecular weight excluding hydrogens is 360 g/mol. The summed E-state index contributed by atoms with van der Waals surface area (Å²) in [5.74, 6) is 0.100. The summed E-state index contributed by atoms with van der Waals surface area (Å²) in [5.41, 5.74) is 0.944. The SMILES string of the molecule is Cn1cc(C(=O)N(C2CC2)C2CCCCC2Cc2ccccc2)c(C(F)F)n1. The Morgan fingerprint density at radius 1 is 1.18 bits per heavy atom. The lowest BCUT2D eigenvalue weighted by Crippen LogP contribution is -2.48. The molecule has 0 N–H and O–H groups in total. The summed E-state index contributed by atoms with van der Waals surface area (Å²) in [7, 11) is 1.59. The number of carbonyl (C=O) groups excluding carboxylic acids is 1.